The summed E-state index contributed by atoms with van der Waals surface area (Å²) in [5.74, 6) is 2.52. The topological polar surface area (TPSA) is 0 Å². The Kier molecular flexibility index (Phi) is 3.95. The summed E-state index contributed by atoms with van der Waals surface area (Å²) in [6, 6.07) is 7.48. The van der Waals surface area contributed by atoms with Crippen LogP contribution in [0.4, 0.5) is 4.39 Å². The Hall–Kier alpha value is -1.11. The molecule has 27 heavy (non-hydrogen) atoms. The number of rotatable bonds is 1. The normalized spacial score (nSPS) is 46.2. The van der Waals surface area contributed by atoms with Crippen LogP contribution >= 0.6 is 0 Å². The van der Waals surface area contributed by atoms with Gasteiger partial charge in [-0.15, -0.1) is 0 Å². The van der Waals surface area contributed by atoms with E-state index in [1.165, 1.54) is 63.4 Å². The van der Waals surface area contributed by atoms with Gasteiger partial charge in [0.15, 0.2) is 0 Å². The molecule has 0 nitrogen and oxygen atoms in total. The van der Waals surface area contributed by atoms with Crippen molar-refractivity contribution in [1.29, 1.82) is 0 Å². The van der Waals surface area contributed by atoms with Gasteiger partial charge in [-0.05, 0) is 109 Å². The molecule has 4 aliphatic carbocycles. The van der Waals surface area contributed by atoms with E-state index < -0.39 is 0 Å². The zero-order valence-electron chi connectivity index (χ0n) is 17.4. The Labute approximate surface area is 164 Å². The van der Waals surface area contributed by atoms with Crippen LogP contribution in [0, 0.1) is 34.4 Å². The Balaban J connectivity index is 1.50. The first-order chi connectivity index (χ1) is 12.9. The third-order valence-corrected chi connectivity index (χ3v) is 10.1. The van der Waals surface area contributed by atoms with Crippen molar-refractivity contribution in [3.63, 3.8) is 0 Å². The molecule has 6 atom stereocenters. The van der Waals surface area contributed by atoms with Crippen molar-refractivity contribution in [3.05, 3.63) is 47.3 Å². The van der Waals surface area contributed by atoms with Gasteiger partial charge in [-0.2, -0.15) is 0 Å². The smallest absolute Gasteiger partial charge is 0.123 e. The summed E-state index contributed by atoms with van der Waals surface area (Å²) in [6.45, 7) is 7.67. The zero-order valence-corrected chi connectivity index (χ0v) is 17.4. The number of benzene rings is 1. The molecule has 0 amide bonds. The summed E-state index contributed by atoms with van der Waals surface area (Å²) >= 11 is 0. The van der Waals surface area contributed by atoms with E-state index in [2.05, 4.69) is 39.0 Å². The molecule has 3 saturated carbocycles. The monoisotopic (exact) mass is 366 g/mol. The van der Waals surface area contributed by atoms with Crippen LogP contribution in [-0.2, 0) is 5.41 Å². The summed E-state index contributed by atoms with van der Waals surface area (Å²) in [5, 5.41) is 0. The highest BCUT2D eigenvalue weighted by Gasteiger charge is 2.62. The Morgan fingerprint density at radius 3 is 2.41 bits per heavy atom. The molecule has 0 bridgehead atoms. The second-order valence-electron chi connectivity index (χ2n) is 10.8. The maximum absolute atomic E-state index is 13.5. The lowest BCUT2D eigenvalue weighted by Crippen LogP contribution is -2.52. The van der Waals surface area contributed by atoms with Crippen molar-refractivity contribution in [2.24, 2.45) is 28.6 Å². The predicted octanol–water partition coefficient (Wildman–Crippen LogP) is 7.44. The van der Waals surface area contributed by atoms with Crippen LogP contribution in [0.25, 0.3) is 0 Å². The fourth-order valence-corrected chi connectivity index (χ4v) is 8.31. The van der Waals surface area contributed by atoms with Crippen LogP contribution < -0.4 is 0 Å². The lowest BCUT2D eigenvalue weighted by Gasteiger charge is -2.60. The van der Waals surface area contributed by atoms with Gasteiger partial charge >= 0.3 is 0 Å². The molecular weight excluding hydrogens is 331 g/mol. The van der Waals surface area contributed by atoms with Gasteiger partial charge in [-0.25, -0.2) is 4.39 Å². The van der Waals surface area contributed by atoms with Gasteiger partial charge in [-0.1, -0.05) is 44.6 Å². The lowest BCUT2D eigenvalue weighted by atomic mass is 9.45. The second kappa shape index (κ2) is 5.94. The first-order valence-corrected chi connectivity index (χ1v) is 11.3. The molecule has 0 N–H and O–H groups in total. The van der Waals surface area contributed by atoms with Crippen molar-refractivity contribution in [3.8, 4) is 0 Å². The molecule has 0 saturated heterocycles. The molecule has 1 unspecified atom stereocenters. The summed E-state index contributed by atoms with van der Waals surface area (Å²) in [7, 11) is 0. The van der Waals surface area contributed by atoms with E-state index in [-0.39, 0.29) is 11.2 Å². The first kappa shape index (κ1) is 18.0. The number of hydrogen-bond donors (Lipinski definition) is 0. The molecule has 5 rings (SSSR count). The molecule has 0 aliphatic heterocycles. The first-order valence-electron chi connectivity index (χ1n) is 11.3. The number of fused-ring (bicyclic) bond motifs is 5. The van der Waals surface area contributed by atoms with Crippen molar-refractivity contribution >= 4 is 0 Å². The van der Waals surface area contributed by atoms with Crippen LogP contribution in [0.2, 0.25) is 0 Å². The lowest BCUT2D eigenvalue weighted by molar-refractivity contribution is -0.0564. The highest BCUT2D eigenvalue weighted by Crippen LogP contribution is 2.70. The van der Waals surface area contributed by atoms with Crippen LogP contribution in [0.15, 0.2) is 35.9 Å². The molecule has 4 aliphatic rings. The highest BCUT2D eigenvalue weighted by atomic mass is 19.1. The van der Waals surface area contributed by atoms with E-state index in [1.807, 2.05) is 0 Å². The van der Waals surface area contributed by atoms with Gasteiger partial charge in [0.1, 0.15) is 5.82 Å². The van der Waals surface area contributed by atoms with Gasteiger partial charge in [0, 0.05) is 0 Å². The molecule has 1 aromatic rings. The maximum atomic E-state index is 13.5. The summed E-state index contributed by atoms with van der Waals surface area (Å²) in [6.07, 6.45) is 14.8. The quantitative estimate of drug-likeness (QED) is 0.453. The Bertz CT molecular complexity index is 761. The molecule has 0 aromatic heterocycles. The standard InChI is InChI=1S/C26H35F/c1-24-15-5-4-6-18(24)9-12-21-22(24)13-17-26(3)23(21)14-16-25(26,2)19-7-10-20(27)11-8-19/h6-8,10-11,21-23H,4-5,9,12-17H2,1-3H3/t21?,22-,23-,24-,25+,26-/m0/s1. The molecule has 3 fully saturated rings. The van der Waals surface area contributed by atoms with E-state index >= 15 is 0 Å². The Morgan fingerprint density at radius 1 is 0.889 bits per heavy atom. The van der Waals surface area contributed by atoms with E-state index in [1.54, 1.807) is 17.7 Å². The van der Waals surface area contributed by atoms with Crippen molar-refractivity contribution in [2.45, 2.75) is 84.0 Å². The van der Waals surface area contributed by atoms with Gasteiger partial charge in [-0.3, -0.25) is 0 Å². The van der Waals surface area contributed by atoms with Crippen LogP contribution in [0.3, 0.4) is 0 Å². The molecule has 1 aromatic carbocycles. The Morgan fingerprint density at radius 2 is 1.63 bits per heavy atom. The minimum atomic E-state index is -0.109. The maximum Gasteiger partial charge on any atom is 0.123 e. The van der Waals surface area contributed by atoms with Crippen LogP contribution in [-0.4, -0.2) is 0 Å². The summed E-state index contributed by atoms with van der Waals surface area (Å²) in [4.78, 5) is 0. The number of halogens is 1. The van der Waals surface area contributed by atoms with Crippen LogP contribution in [0.1, 0.15) is 84.1 Å². The average molecular weight is 367 g/mol. The molecule has 0 spiro atoms. The minimum Gasteiger partial charge on any atom is -0.207 e. The molecule has 146 valence electrons. The van der Waals surface area contributed by atoms with E-state index in [0.29, 0.717) is 10.8 Å². The van der Waals surface area contributed by atoms with Crippen molar-refractivity contribution in [1.82, 2.24) is 0 Å². The van der Waals surface area contributed by atoms with Crippen LogP contribution in [0.5, 0.6) is 0 Å². The van der Waals surface area contributed by atoms with E-state index in [0.717, 1.165) is 17.8 Å². The number of hydrogen-bond acceptors (Lipinski definition) is 0. The third kappa shape index (κ3) is 2.33. The molecule has 0 heterocycles. The average Bonchev–Trinajstić information content (AvgIpc) is 2.94. The SMILES string of the molecule is C[C@]12CCCC=C1CCC1[C@@H]2CC[C@@]2(C)[C@H]1CC[C@]2(C)c1ccc(F)cc1. The predicted molar refractivity (Wildman–Crippen MR) is 110 cm³/mol. The highest BCUT2D eigenvalue weighted by molar-refractivity contribution is 5.33. The fourth-order valence-electron chi connectivity index (χ4n) is 8.31. The largest absolute Gasteiger partial charge is 0.207 e. The van der Waals surface area contributed by atoms with Gasteiger partial charge < -0.3 is 0 Å². The van der Waals surface area contributed by atoms with E-state index in [4.69, 9.17) is 0 Å². The zero-order chi connectivity index (χ0) is 18.9. The second-order valence-corrected chi connectivity index (χ2v) is 10.8. The van der Waals surface area contributed by atoms with Gasteiger partial charge in [0.2, 0.25) is 0 Å². The summed E-state index contributed by atoms with van der Waals surface area (Å²) < 4.78 is 13.5. The van der Waals surface area contributed by atoms with Crippen molar-refractivity contribution < 1.29 is 4.39 Å². The van der Waals surface area contributed by atoms with Gasteiger partial charge in [0.05, 0.1) is 0 Å². The third-order valence-electron chi connectivity index (χ3n) is 10.1. The molecule has 1 heteroatoms. The molecule has 0 radical (unpaired) electrons. The fraction of sp³-hybridized carbons (Fsp3) is 0.692. The minimum absolute atomic E-state index is 0.109. The number of allylic oxidation sites excluding steroid dienone is 2. The van der Waals surface area contributed by atoms with Crippen molar-refractivity contribution in [2.75, 3.05) is 0 Å². The summed E-state index contributed by atoms with van der Waals surface area (Å²) in [5.41, 5.74) is 4.21. The molecular formula is C26H35F. The van der Waals surface area contributed by atoms with Gasteiger partial charge in [0.25, 0.3) is 0 Å². The van der Waals surface area contributed by atoms with E-state index in [9.17, 15) is 4.39 Å².